The van der Waals surface area contributed by atoms with Gasteiger partial charge in [-0.15, -0.1) is 0 Å². The van der Waals surface area contributed by atoms with E-state index in [1.165, 1.54) is 16.3 Å². The zero-order valence-electron chi connectivity index (χ0n) is 11.1. The van der Waals surface area contributed by atoms with Crippen LogP contribution >= 0.6 is 11.6 Å². The molecule has 3 aromatic rings. The van der Waals surface area contributed by atoms with E-state index in [-0.39, 0.29) is 6.04 Å². The third-order valence-corrected chi connectivity index (χ3v) is 3.82. The minimum atomic E-state index is -0.00608. The average Bonchev–Trinajstić information content (AvgIpc) is 2.48. The molecule has 2 heteroatoms. The van der Waals surface area contributed by atoms with Crippen LogP contribution < -0.4 is 5.73 Å². The lowest BCUT2D eigenvalue weighted by molar-refractivity contribution is 0.722. The van der Waals surface area contributed by atoms with Gasteiger partial charge < -0.3 is 5.73 Å². The summed E-state index contributed by atoms with van der Waals surface area (Å²) in [5, 5.41) is 3.26. The standard InChI is InChI=1S/C18H16ClN/c19-17-9-7-15(8-10-17)18(20)12-13-5-6-14-3-1-2-4-16(14)11-13/h1-11,18H,12,20H2. The molecule has 100 valence electrons. The monoisotopic (exact) mass is 281 g/mol. The maximum absolute atomic E-state index is 6.28. The SMILES string of the molecule is NC(Cc1ccc2ccccc2c1)c1ccc(Cl)cc1. The second-order valence-corrected chi connectivity index (χ2v) is 5.48. The van der Waals surface area contributed by atoms with Crippen molar-refractivity contribution >= 4 is 22.4 Å². The maximum Gasteiger partial charge on any atom is 0.0406 e. The molecule has 0 saturated carbocycles. The van der Waals surface area contributed by atoms with Crippen LogP contribution in [0.2, 0.25) is 5.02 Å². The molecule has 3 aromatic carbocycles. The van der Waals surface area contributed by atoms with Crippen molar-refractivity contribution in [2.75, 3.05) is 0 Å². The second-order valence-electron chi connectivity index (χ2n) is 5.04. The highest BCUT2D eigenvalue weighted by molar-refractivity contribution is 6.30. The third-order valence-electron chi connectivity index (χ3n) is 3.57. The molecule has 2 N–H and O–H groups in total. The molecule has 1 unspecified atom stereocenters. The highest BCUT2D eigenvalue weighted by Gasteiger charge is 2.07. The largest absolute Gasteiger partial charge is 0.324 e. The minimum Gasteiger partial charge on any atom is -0.324 e. The van der Waals surface area contributed by atoms with Crippen LogP contribution in [0.5, 0.6) is 0 Å². The molecule has 0 amide bonds. The van der Waals surface area contributed by atoms with E-state index in [4.69, 9.17) is 17.3 Å². The van der Waals surface area contributed by atoms with Gasteiger partial charge in [-0.05, 0) is 40.5 Å². The predicted octanol–water partition coefficient (Wildman–Crippen LogP) is 4.74. The number of hydrogen-bond donors (Lipinski definition) is 1. The molecule has 0 aliphatic rings. The van der Waals surface area contributed by atoms with E-state index in [2.05, 4.69) is 42.5 Å². The predicted molar refractivity (Wildman–Crippen MR) is 86.0 cm³/mol. The Morgan fingerprint density at radius 1 is 0.850 bits per heavy atom. The van der Waals surface area contributed by atoms with Gasteiger partial charge >= 0.3 is 0 Å². The fourth-order valence-corrected chi connectivity index (χ4v) is 2.57. The van der Waals surface area contributed by atoms with E-state index >= 15 is 0 Å². The number of rotatable bonds is 3. The molecule has 20 heavy (non-hydrogen) atoms. The Labute approximate surface area is 124 Å². The van der Waals surface area contributed by atoms with Crippen LogP contribution in [-0.2, 0) is 6.42 Å². The van der Waals surface area contributed by atoms with Gasteiger partial charge in [-0.1, -0.05) is 66.2 Å². The van der Waals surface area contributed by atoms with Crippen LogP contribution in [0.25, 0.3) is 10.8 Å². The highest BCUT2D eigenvalue weighted by Crippen LogP contribution is 2.21. The van der Waals surface area contributed by atoms with Gasteiger partial charge in [-0.3, -0.25) is 0 Å². The van der Waals surface area contributed by atoms with Crippen LogP contribution in [0.3, 0.4) is 0 Å². The smallest absolute Gasteiger partial charge is 0.0406 e. The van der Waals surface area contributed by atoms with Crippen LogP contribution in [-0.4, -0.2) is 0 Å². The number of benzene rings is 3. The summed E-state index contributed by atoms with van der Waals surface area (Å²) in [4.78, 5) is 0. The van der Waals surface area contributed by atoms with E-state index in [9.17, 15) is 0 Å². The summed E-state index contributed by atoms with van der Waals surface area (Å²) in [6.45, 7) is 0. The van der Waals surface area contributed by atoms with Crippen LogP contribution in [0.1, 0.15) is 17.2 Å². The first-order valence-corrected chi connectivity index (χ1v) is 7.09. The molecular weight excluding hydrogens is 266 g/mol. The molecule has 0 aliphatic heterocycles. The molecule has 0 fully saturated rings. The van der Waals surface area contributed by atoms with E-state index in [0.29, 0.717) is 0 Å². The first-order valence-electron chi connectivity index (χ1n) is 6.71. The molecule has 0 spiro atoms. The molecule has 1 atom stereocenters. The quantitative estimate of drug-likeness (QED) is 0.737. The Kier molecular flexibility index (Phi) is 3.72. The number of nitrogens with two attached hydrogens (primary N) is 1. The summed E-state index contributed by atoms with van der Waals surface area (Å²) < 4.78 is 0. The van der Waals surface area contributed by atoms with Gasteiger partial charge in [0.25, 0.3) is 0 Å². The second kappa shape index (κ2) is 5.66. The highest BCUT2D eigenvalue weighted by atomic mass is 35.5. The fraction of sp³-hybridized carbons (Fsp3) is 0.111. The summed E-state index contributed by atoms with van der Waals surface area (Å²) in [7, 11) is 0. The first-order chi connectivity index (χ1) is 9.72. The Balaban J connectivity index is 1.83. The Bertz CT molecular complexity index is 719. The molecule has 0 radical (unpaired) electrons. The van der Waals surface area contributed by atoms with Crippen LogP contribution in [0.4, 0.5) is 0 Å². The van der Waals surface area contributed by atoms with Crippen molar-refractivity contribution in [2.45, 2.75) is 12.5 Å². The van der Waals surface area contributed by atoms with Crippen molar-refractivity contribution in [3.8, 4) is 0 Å². The van der Waals surface area contributed by atoms with E-state index < -0.39 is 0 Å². The molecule has 1 nitrogen and oxygen atoms in total. The van der Waals surface area contributed by atoms with Gasteiger partial charge in [0.15, 0.2) is 0 Å². The Hall–Kier alpha value is -1.83. The minimum absolute atomic E-state index is 0.00608. The lowest BCUT2D eigenvalue weighted by atomic mass is 9.98. The summed E-state index contributed by atoms with van der Waals surface area (Å²) >= 11 is 5.90. The molecule has 0 aromatic heterocycles. The number of hydrogen-bond acceptors (Lipinski definition) is 1. The Morgan fingerprint density at radius 3 is 2.30 bits per heavy atom. The molecule has 3 rings (SSSR count). The lowest BCUT2D eigenvalue weighted by Crippen LogP contribution is -2.13. The molecule has 0 heterocycles. The number of halogens is 1. The Morgan fingerprint density at radius 2 is 1.55 bits per heavy atom. The fourth-order valence-electron chi connectivity index (χ4n) is 2.45. The van der Waals surface area contributed by atoms with Gasteiger partial charge in [0.05, 0.1) is 0 Å². The third kappa shape index (κ3) is 2.84. The maximum atomic E-state index is 6.28. The first kappa shape index (κ1) is 13.2. The van der Waals surface area contributed by atoms with Gasteiger partial charge in [0.2, 0.25) is 0 Å². The topological polar surface area (TPSA) is 26.0 Å². The van der Waals surface area contributed by atoms with Crippen molar-refractivity contribution in [1.29, 1.82) is 0 Å². The molecule has 0 saturated heterocycles. The van der Waals surface area contributed by atoms with Gasteiger partial charge in [-0.25, -0.2) is 0 Å². The van der Waals surface area contributed by atoms with Crippen molar-refractivity contribution in [2.24, 2.45) is 5.73 Å². The summed E-state index contributed by atoms with van der Waals surface area (Å²) in [6.07, 6.45) is 0.826. The van der Waals surface area contributed by atoms with Crippen LogP contribution in [0, 0.1) is 0 Å². The molecule has 0 bridgehead atoms. The summed E-state index contributed by atoms with van der Waals surface area (Å²) in [5.74, 6) is 0. The normalized spacial score (nSPS) is 12.5. The number of fused-ring (bicyclic) bond motifs is 1. The molecule has 0 aliphatic carbocycles. The van der Waals surface area contributed by atoms with Gasteiger partial charge in [0, 0.05) is 11.1 Å². The van der Waals surface area contributed by atoms with E-state index in [1.54, 1.807) is 0 Å². The van der Waals surface area contributed by atoms with Gasteiger partial charge in [-0.2, -0.15) is 0 Å². The van der Waals surface area contributed by atoms with E-state index in [0.717, 1.165) is 17.0 Å². The molecular formula is C18H16ClN. The van der Waals surface area contributed by atoms with Crippen molar-refractivity contribution in [1.82, 2.24) is 0 Å². The van der Waals surface area contributed by atoms with Crippen molar-refractivity contribution < 1.29 is 0 Å². The van der Waals surface area contributed by atoms with Crippen molar-refractivity contribution in [3.05, 3.63) is 82.9 Å². The average molecular weight is 282 g/mol. The van der Waals surface area contributed by atoms with Gasteiger partial charge in [0.1, 0.15) is 0 Å². The lowest BCUT2D eigenvalue weighted by Gasteiger charge is -2.13. The zero-order valence-corrected chi connectivity index (χ0v) is 11.8. The van der Waals surface area contributed by atoms with Crippen LogP contribution in [0.15, 0.2) is 66.7 Å². The van der Waals surface area contributed by atoms with Crippen molar-refractivity contribution in [3.63, 3.8) is 0 Å². The zero-order chi connectivity index (χ0) is 13.9. The summed E-state index contributed by atoms with van der Waals surface area (Å²) in [5.41, 5.74) is 8.65. The van der Waals surface area contributed by atoms with E-state index in [1.807, 2.05) is 24.3 Å². The summed E-state index contributed by atoms with van der Waals surface area (Å²) in [6, 6.07) is 22.6.